The summed E-state index contributed by atoms with van der Waals surface area (Å²) in [5.41, 5.74) is 0.514. The SMILES string of the molecule is CCCCC(CNC(=O)OC(C)(C)C)NC(=NC)NCc1ccc(-n2ccnc2C)nc1. The van der Waals surface area contributed by atoms with E-state index in [0.29, 0.717) is 19.0 Å². The van der Waals surface area contributed by atoms with Gasteiger partial charge in [-0.05, 0) is 45.7 Å². The number of carbonyl (C=O) groups excluding carboxylic acids is 1. The van der Waals surface area contributed by atoms with E-state index >= 15 is 0 Å². The molecule has 2 aromatic heterocycles. The number of imidazole rings is 1. The number of alkyl carbamates (subject to hydrolysis) is 1. The molecular formula is C23H37N7O2. The predicted molar refractivity (Wildman–Crippen MR) is 127 cm³/mol. The molecule has 2 aromatic rings. The molecule has 1 unspecified atom stereocenters. The smallest absolute Gasteiger partial charge is 0.407 e. The van der Waals surface area contributed by atoms with Crippen molar-refractivity contribution in [1.29, 1.82) is 0 Å². The van der Waals surface area contributed by atoms with Gasteiger partial charge in [-0.3, -0.25) is 9.56 Å². The van der Waals surface area contributed by atoms with Crippen LogP contribution in [0.1, 0.15) is 58.3 Å². The topological polar surface area (TPSA) is 105 Å². The third-order valence-electron chi connectivity index (χ3n) is 4.70. The van der Waals surface area contributed by atoms with Gasteiger partial charge < -0.3 is 20.7 Å². The van der Waals surface area contributed by atoms with Crippen molar-refractivity contribution in [3.05, 3.63) is 42.1 Å². The van der Waals surface area contributed by atoms with E-state index in [-0.39, 0.29) is 6.04 Å². The quantitative estimate of drug-likeness (QED) is 0.406. The summed E-state index contributed by atoms with van der Waals surface area (Å²) >= 11 is 0. The lowest BCUT2D eigenvalue weighted by Crippen LogP contribution is -2.48. The number of nitrogens with one attached hydrogen (secondary N) is 3. The van der Waals surface area contributed by atoms with Crippen LogP contribution in [0.15, 0.2) is 35.7 Å². The van der Waals surface area contributed by atoms with Gasteiger partial charge in [-0.1, -0.05) is 25.8 Å². The maximum Gasteiger partial charge on any atom is 0.407 e. The predicted octanol–water partition coefficient (Wildman–Crippen LogP) is 3.32. The van der Waals surface area contributed by atoms with Gasteiger partial charge in [-0.25, -0.2) is 14.8 Å². The molecule has 0 radical (unpaired) electrons. The number of pyridine rings is 1. The van der Waals surface area contributed by atoms with Crippen LogP contribution >= 0.6 is 0 Å². The van der Waals surface area contributed by atoms with E-state index in [4.69, 9.17) is 4.74 Å². The van der Waals surface area contributed by atoms with E-state index in [9.17, 15) is 4.79 Å². The normalized spacial score (nSPS) is 12.9. The fourth-order valence-electron chi connectivity index (χ4n) is 3.05. The van der Waals surface area contributed by atoms with Gasteiger partial charge in [0.15, 0.2) is 5.96 Å². The number of guanidine groups is 1. The molecule has 0 bridgehead atoms. The Morgan fingerprint density at radius 2 is 2.03 bits per heavy atom. The number of ether oxygens (including phenoxy) is 1. The van der Waals surface area contributed by atoms with Crippen LogP contribution in [0.25, 0.3) is 5.82 Å². The first-order valence-corrected chi connectivity index (χ1v) is 11.1. The van der Waals surface area contributed by atoms with Crippen molar-refractivity contribution >= 4 is 12.1 Å². The fraction of sp³-hybridized carbons (Fsp3) is 0.565. The van der Waals surface area contributed by atoms with Crippen LogP contribution in [0.2, 0.25) is 0 Å². The van der Waals surface area contributed by atoms with Gasteiger partial charge in [-0.15, -0.1) is 0 Å². The number of aromatic nitrogens is 3. The third kappa shape index (κ3) is 8.56. The molecule has 9 nitrogen and oxygen atoms in total. The maximum atomic E-state index is 12.0. The highest BCUT2D eigenvalue weighted by Gasteiger charge is 2.18. The van der Waals surface area contributed by atoms with E-state index in [0.717, 1.165) is 36.5 Å². The molecule has 0 aromatic carbocycles. The Balaban J connectivity index is 1.90. The summed E-state index contributed by atoms with van der Waals surface area (Å²) in [4.78, 5) is 25.1. The molecule has 0 spiro atoms. The van der Waals surface area contributed by atoms with Crippen LogP contribution in [0.3, 0.4) is 0 Å². The van der Waals surface area contributed by atoms with Crippen molar-refractivity contribution in [3.63, 3.8) is 0 Å². The highest BCUT2D eigenvalue weighted by molar-refractivity contribution is 5.80. The number of aliphatic imine (C=N–C) groups is 1. The van der Waals surface area contributed by atoms with Gasteiger partial charge in [0.1, 0.15) is 17.2 Å². The number of unbranched alkanes of at least 4 members (excludes halogenated alkanes) is 1. The standard InChI is InChI=1S/C23H37N7O2/c1-7-8-9-19(16-28-22(31)32-23(3,4)5)29-21(24-6)27-15-18-10-11-20(26-14-18)30-13-12-25-17(30)2/h10-14,19H,7-9,15-16H2,1-6H3,(H,28,31)(H2,24,27,29). The minimum absolute atomic E-state index is 0.0402. The van der Waals surface area contributed by atoms with E-state index in [1.54, 1.807) is 13.2 Å². The Hall–Kier alpha value is -3.10. The molecule has 0 fully saturated rings. The van der Waals surface area contributed by atoms with Crippen LogP contribution in [0.4, 0.5) is 4.79 Å². The number of hydrogen-bond donors (Lipinski definition) is 3. The zero-order chi connectivity index (χ0) is 23.6. The summed E-state index contributed by atoms with van der Waals surface area (Å²) in [5, 5.41) is 9.58. The first-order chi connectivity index (χ1) is 15.2. The fourth-order valence-corrected chi connectivity index (χ4v) is 3.05. The second-order valence-corrected chi connectivity index (χ2v) is 8.66. The van der Waals surface area contributed by atoms with Crippen molar-refractivity contribution in [3.8, 4) is 5.82 Å². The lowest BCUT2D eigenvalue weighted by atomic mass is 10.1. The van der Waals surface area contributed by atoms with Gasteiger partial charge in [0.2, 0.25) is 0 Å². The van der Waals surface area contributed by atoms with Crippen LogP contribution in [-0.2, 0) is 11.3 Å². The van der Waals surface area contributed by atoms with Gasteiger partial charge in [0, 0.05) is 44.8 Å². The lowest BCUT2D eigenvalue weighted by molar-refractivity contribution is 0.0522. The Morgan fingerprint density at radius 3 is 2.59 bits per heavy atom. The number of hydrogen-bond acceptors (Lipinski definition) is 5. The van der Waals surface area contributed by atoms with Crippen LogP contribution < -0.4 is 16.0 Å². The van der Waals surface area contributed by atoms with Gasteiger partial charge >= 0.3 is 6.09 Å². The van der Waals surface area contributed by atoms with E-state index < -0.39 is 11.7 Å². The monoisotopic (exact) mass is 443 g/mol. The second kappa shape index (κ2) is 12.1. The Morgan fingerprint density at radius 1 is 1.25 bits per heavy atom. The van der Waals surface area contributed by atoms with E-state index in [1.807, 2.05) is 56.8 Å². The molecule has 0 aliphatic rings. The van der Waals surface area contributed by atoms with Crippen molar-refractivity contribution in [1.82, 2.24) is 30.5 Å². The molecule has 176 valence electrons. The van der Waals surface area contributed by atoms with Crippen molar-refractivity contribution < 1.29 is 9.53 Å². The molecule has 2 heterocycles. The largest absolute Gasteiger partial charge is 0.444 e. The van der Waals surface area contributed by atoms with Gasteiger partial charge in [-0.2, -0.15) is 0 Å². The number of amides is 1. The first kappa shape index (κ1) is 25.2. The molecular weight excluding hydrogens is 406 g/mol. The molecule has 0 saturated carbocycles. The van der Waals surface area contributed by atoms with E-state index in [1.165, 1.54) is 0 Å². The minimum atomic E-state index is -0.520. The molecule has 1 atom stereocenters. The van der Waals surface area contributed by atoms with Crippen LogP contribution in [-0.4, -0.2) is 51.8 Å². The zero-order valence-electron chi connectivity index (χ0n) is 20.1. The molecule has 32 heavy (non-hydrogen) atoms. The Labute approximate surface area is 191 Å². The Kier molecular flexibility index (Phi) is 9.49. The second-order valence-electron chi connectivity index (χ2n) is 8.66. The average Bonchev–Trinajstić information content (AvgIpc) is 3.17. The van der Waals surface area contributed by atoms with Crippen LogP contribution in [0.5, 0.6) is 0 Å². The molecule has 9 heteroatoms. The van der Waals surface area contributed by atoms with Crippen molar-refractivity contribution in [2.75, 3.05) is 13.6 Å². The molecule has 0 aliphatic heterocycles. The lowest BCUT2D eigenvalue weighted by Gasteiger charge is -2.24. The van der Waals surface area contributed by atoms with Gasteiger partial charge in [0.25, 0.3) is 0 Å². The first-order valence-electron chi connectivity index (χ1n) is 11.1. The summed E-state index contributed by atoms with van der Waals surface area (Å²) < 4.78 is 7.27. The number of rotatable bonds is 9. The van der Waals surface area contributed by atoms with Gasteiger partial charge in [0.05, 0.1) is 0 Å². The summed E-state index contributed by atoms with van der Waals surface area (Å²) in [5.74, 6) is 2.40. The third-order valence-corrected chi connectivity index (χ3v) is 4.70. The zero-order valence-corrected chi connectivity index (χ0v) is 20.1. The maximum absolute atomic E-state index is 12.0. The molecule has 3 N–H and O–H groups in total. The minimum Gasteiger partial charge on any atom is -0.444 e. The van der Waals surface area contributed by atoms with Crippen LogP contribution in [0, 0.1) is 6.92 Å². The number of carbonyl (C=O) groups is 1. The summed E-state index contributed by atoms with van der Waals surface area (Å²) in [6.07, 6.45) is 8.11. The summed E-state index contributed by atoms with van der Waals surface area (Å²) in [6, 6.07) is 4.04. The average molecular weight is 444 g/mol. The molecule has 0 aliphatic carbocycles. The highest BCUT2D eigenvalue weighted by atomic mass is 16.6. The summed E-state index contributed by atoms with van der Waals surface area (Å²) in [6.45, 7) is 10.7. The van der Waals surface area contributed by atoms with E-state index in [2.05, 4.69) is 37.8 Å². The number of nitrogens with zero attached hydrogens (tertiary/aromatic N) is 4. The molecule has 0 saturated heterocycles. The molecule has 2 rings (SSSR count). The van der Waals surface area contributed by atoms with Crippen molar-refractivity contribution in [2.24, 2.45) is 4.99 Å². The Bertz CT molecular complexity index is 869. The summed E-state index contributed by atoms with van der Waals surface area (Å²) in [7, 11) is 1.73. The molecule has 1 amide bonds. The van der Waals surface area contributed by atoms with Crippen molar-refractivity contribution in [2.45, 2.75) is 72.1 Å². The number of aryl methyl sites for hydroxylation is 1. The highest BCUT2D eigenvalue weighted by Crippen LogP contribution is 2.09.